The molecule has 0 atom stereocenters. The van der Waals surface area contributed by atoms with E-state index in [2.05, 4.69) is 27.6 Å². The number of ether oxygens (including phenoxy) is 1. The standard InChI is InChI=1S/C27H27N5O4/c1-36-19-26(33)30-14-12-29(13-15-30)18-24-27(21-8-5-9-23(16-21)32(34)35)28-25-11-10-22(17-31(24)25)20-6-3-2-4-7-20/h2-11,16-17H,12-15,18-19H2,1H3. The predicted molar refractivity (Wildman–Crippen MR) is 136 cm³/mol. The minimum Gasteiger partial charge on any atom is -0.375 e. The Balaban J connectivity index is 1.52. The van der Waals surface area contributed by atoms with Crippen molar-refractivity contribution in [3.8, 4) is 22.4 Å². The van der Waals surface area contributed by atoms with Gasteiger partial charge in [-0.25, -0.2) is 4.98 Å². The Kier molecular flexibility index (Phi) is 6.75. The fourth-order valence-electron chi connectivity index (χ4n) is 4.63. The number of carbonyl (C=O) groups is 1. The summed E-state index contributed by atoms with van der Waals surface area (Å²) >= 11 is 0. The van der Waals surface area contributed by atoms with Gasteiger partial charge in [-0.3, -0.25) is 19.8 Å². The number of hydrogen-bond donors (Lipinski definition) is 0. The maximum Gasteiger partial charge on any atom is 0.270 e. The van der Waals surface area contributed by atoms with Crippen molar-refractivity contribution < 1.29 is 14.5 Å². The Hall–Kier alpha value is -4.08. The van der Waals surface area contributed by atoms with E-state index < -0.39 is 0 Å². The molecule has 2 aromatic heterocycles. The molecule has 36 heavy (non-hydrogen) atoms. The summed E-state index contributed by atoms with van der Waals surface area (Å²) in [5.41, 5.74) is 5.36. The van der Waals surface area contributed by atoms with E-state index in [-0.39, 0.29) is 23.1 Å². The molecule has 184 valence electrons. The minimum atomic E-state index is -0.386. The maximum absolute atomic E-state index is 12.2. The topological polar surface area (TPSA) is 93.2 Å². The van der Waals surface area contributed by atoms with E-state index in [9.17, 15) is 14.9 Å². The predicted octanol–water partition coefficient (Wildman–Crippen LogP) is 3.87. The second-order valence-electron chi connectivity index (χ2n) is 8.82. The molecule has 9 heteroatoms. The summed E-state index contributed by atoms with van der Waals surface area (Å²) in [6.45, 7) is 3.38. The molecule has 9 nitrogen and oxygen atoms in total. The fourth-order valence-corrected chi connectivity index (χ4v) is 4.63. The second kappa shape index (κ2) is 10.3. The minimum absolute atomic E-state index is 0.00302. The third kappa shape index (κ3) is 4.84. The van der Waals surface area contributed by atoms with Crippen molar-refractivity contribution in [1.82, 2.24) is 19.2 Å². The van der Waals surface area contributed by atoms with Crippen LogP contribution in [0.4, 0.5) is 5.69 Å². The van der Waals surface area contributed by atoms with E-state index >= 15 is 0 Å². The lowest BCUT2D eigenvalue weighted by Crippen LogP contribution is -2.49. The number of benzene rings is 2. The summed E-state index contributed by atoms with van der Waals surface area (Å²) in [6, 6.07) is 20.8. The number of piperazine rings is 1. The summed E-state index contributed by atoms with van der Waals surface area (Å²) < 4.78 is 7.07. The van der Waals surface area contributed by atoms with Gasteiger partial charge in [0.15, 0.2) is 0 Å². The molecule has 0 radical (unpaired) electrons. The first-order valence-corrected chi connectivity index (χ1v) is 11.8. The van der Waals surface area contributed by atoms with Gasteiger partial charge in [0, 0.05) is 63.7 Å². The molecule has 1 saturated heterocycles. The number of methoxy groups -OCH3 is 1. The molecule has 0 unspecified atom stereocenters. The summed E-state index contributed by atoms with van der Waals surface area (Å²) in [4.78, 5) is 32.2. The van der Waals surface area contributed by atoms with E-state index in [0.29, 0.717) is 25.2 Å². The fraction of sp³-hybridized carbons (Fsp3) is 0.259. The van der Waals surface area contributed by atoms with E-state index in [0.717, 1.165) is 41.3 Å². The molecule has 3 heterocycles. The largest absolute Gasteiger partial charge is 0.375 e. The molecule has 5 rings (SSSR count). The molecule has 0 aliphatic carbocycles. The highest BCUT2D eigenvalue weighted by atomic mass is 16.6. The van der Waals surface area contributed by atoms with Gasteiger partial charge in [0.25, 0.3) is 5.69 Å². The third-order valence-electron chi connectivity index (χ3n) is 6.52. The van der Waals surface area contributed by atoms with Crippen LogP contribution in [0, 0.1) is 10.1 Å². The van der Waals surface area contributed by atoms with Crippen molar-refractivity contribution in [2.75, 3.05) is 39.9 Å². The molecular weight excluding hydrogens is 458 g/mol. The number of nitro groups is 1. The van der Waals surface area contributed by atoms with E-state index in [4.69, 9.17) is 9.72 Å². The summed E-state index contributed by atoms with van der Waals surface area (Å²) in [5.74, 6) is -0.00302. The number of hydrogen-bond acceptors (Lipinski definition) is 6. The normalized spacial score (nSPS) is 14.3. The number of imidazole rings is 1. The smallest absolute Gasteiger partial charge is 0.270 e. The SMILES string of the molecule is COCC(=O)N1CCN(Cc2c(-c3cccc([N+](=O)[O-])c3)nc3ccc(-c4ccccc4)cn23)CC1. The van der Waals surface area contributed by atoms with E-state index in [1.807, 2.05) is 41.3 Å². The number of amides is 1. The highest BCUT2D eigenvalue weighted by molar-refractivity contribution is 5.77. The monoisotopic (exact) mass is 485 g/mol. The Morgan fingerprint density at radius 1 is 0.972 bits per heavy atom. The molecule has 2 aromatic carbocycles. The molecule has 1 aliphatic rings. The lowest BCUT2D eigenvalue weighted by molar-refractivity contribution is -0.384. The highest BCUT2D eigenvalue weighted by Gasteiger charge is 2.24. The van der Waals surface area contributed by atoms with Crippen LogP contribution in [0.15, 0.2) is 72.9 Å². The lowest BCUT2D eigenvalue weighted by Gasteiger charge is -2.34. The van der Waals surface area contributed by atoms with Crippen molar-refractivity contribution >= 4 is 17.2 Å². The molecule has 1 fully saturated rings. The number of non-ortho nitro benzene ring substituents is 1. The van der Waals surface area contributed by atoms with Crippen LogP contribution in [-0.4, -0.2) is 69.9 Å². The van der Waals surface area contributed by atoms with Gasteiger partial charge in [-0.15, -0.1) is 0 Å². The van der Waals surface area contributed by atoms with Gasteiger partial charge in [0.2, 0.25) is 5.91 Å². The van der Waals surface area contributed by atoms with Crippen LogP contribution in [0.2, 0.25) is 0 Å². The van der Waals surface area contributed by atoms with Crippen LogP contribution in [0.3, 0.4) is 0 Å². The summed E-state index contributed by atoms with van der Waals surface area (Å²) in [5, 5.41) is 11.4. The molecule has 0 bridgehead atoms. The molecular formula is C27H27N5O4. The molecule has 0 saturated carbocycles. The highest BCUT2D eigenvalue weighted by Crippen LogP contribution is 2.30. The van der Waals surface area contributed by atoms with E-state index in [1.54, 1.807) is 12.1 Å². The molecule has 1 aliphatic heterocycles. The van der Waals surface area contributed by atoms with Crippen LogP contribution < -0.4 is 0 Å². The number of pyridine rings is 1. The summed E-state index contributed by atoms with van der Waals surface area (Å²) in [7, 11) is 1.53. The van der Waals surface area contributed by atoms with Crippen molar-refractivity contribution in [3.05, 3.63) is 88.7 Å². The van der Waals surface area contributed by atoms with Gasteiger partial charge in [0.05, 0.1) is 16.3 Å². The molecule has 1 amide bonds. The quantitative estimate of drug-likeness (QED) is 0.291. The van der Waals surface area contributed by atoms with Gasteiger partial charge >= 0.3 is 0 Å². The number of nitrogens with zero attached hydrogens (tertiary/aromatic N) is 5. The Bertz CT molecular complexity index is 1390. The van der Waals surface area contributed by atoms with Gasteiger partial charge < -0.3 is 14.0 Å². The lowest BCUT2D eigenvalue weighted by atomic mass is 10.1. The Morgan fingerprint density at radius 3 is 2.44 bits per heavy atom. The third-order valence-corrected chi connectivity index (χ3v) is 6.52. The zero-order valence-electron chi connectivity index (χ0n) is 20.0. The Morgan fingerprint density at radius 2 is 1.72 bits per heavy atom. The van der Waals surface area contributed by atoms with Crippen LogP contribution in [0.5, 0.6) is 0 Å². The van der Waals surface area contributed by atoms with Crippen molar-refractivity contribution in [2.45, 2.75) is 6.54 Å². The number of aromatic nitrogens is 2. The van der Waals surface area contributed by atoms with Crippen LogP contribution in [-0.2, 0) is 16.1 Å². The molecule has 0 spiro atoms. The first-order chi connectivity index (χ1) is 17.5. The van der Waals surface area contributed by atoms with Gasteiger partial charge in [-0.2, -0.15) is 0 Å². The average Bonchev–Trinajstić information content (AvgIpc) is 3.27. The summed E-state index contributed by atoms with van der Waals surface area (Å²) in [6.07, 6.45) is 2.08. The Labute approximate surface area is 208 Å². The van der Waals surface area contributed by atoms with Crippen LogP contribution >= 0.6 is 0 Å². The van der Waals surface area contributed by atoms with Crippen molar-refractivity contribution in [1.29, 1.82) is 0 Å². The van der Waals surface area contributed by atoms with E-state index in [1.165, 1.54) is 13.2 Å². The zero-order chi connectivity index (χ0) is 25.1. The number of nitro benzene ring substituents is 1. The number of carbonyl (C=O) groups excluding carboxylic acids is 1. The first kappa shape index (κ1) is 23.7. The first-order valence-electron chi connectivity index (χ1n) is 11.8. The van der Waals surface area contributed by atoms with Gasteiger partial charge in [-0.05, 0) is 23.3 Å². The van der Waals surface area contributed by atoms with Gasteiger partial charge in [0.1, 0.15) is 12.3 Å². The maximum atomic E-state index is 12.2. The average molecular weight is 486 g/mol. The number of rotatable bonds is 7. The van der Waals surface area contributed by atoms with Crippen molar-refractivity contribution in [3.63, 3.8) is 0 Å². The number of fused-ring (bicyclic) bond motifs is 1. The molecule has 4 aromatic rings. The van der Waals surface area contributed by atoms with Gasteiger partial charge in [-0.1, -0.05) is 42.5 Å². The molecule has 0 N–H and O–H groups in total. The zero-order valence-corrected chi connectivity index (χ0v) is 20.0. The van der Waals surface area contributed by atoms with Crippen LogP contribution in [0.25, 0.3) is 28.0 Å². The van der Waals surface area contributed by atoms with Crippen molar-refractivity contribution in [2.24, 2.45) is 0 Å². The second-order valence-corrected chi connectivity index (χ2v) is 8.82. The van der Waals surface area contributed by atoms with Crippen LogP contribution in [0.1, 0.15) is 5.69 Å².